The molecule has 1 aromatic carbocycles. The molecule has 3 rings (SSSR count). The smallest absolute Gasteiger partial charge is 0.134 e. The number of rotatable bonds is 2. The lowest BCUT2D eigenvalue weighted by atomic mass is 9.99. The molecule has 2 heterocycles. The van der Waals surface area contributed by atoms with Crippen molar-refractivity contribution in [2.45, 2.75) is 19.4 Å². The van der Waals surface area contributed by atoms with E-state index in [1.807, 2.05) is 6.26 Å². The molecule has 2 atom stereocenters. The molecule has 1 aromatic heterocycles. The summed E-state index contributed by atoms with van der Waals surface area (Å²) in [5.74, 6) is 0.619. The molecule has 1 saturated heterocycles. The number of nitrogens with two attached hydrogens (primary N) is 1. The summed E-state index contributed by atoms with van der Waals surface area (Å²) in [6, 6.07) is 7.06. The maximum Gasteiger partial charge on any atom is 0.134 e. The topological polar surface area (TPSA) is 42.4 Å². The molecule has 2 aromatic rings. The molecule has 0 saturated carbocycles. The largest absolute Gasteiger partial charge is 0.464 e. The third kappa shape index (κ3) is 1.84. The lowest BCUT2D eigenvalue weighted by molar-refractivity contribution is 0.313. The Morgan fingerprint density at radius 2 is 2.28 bits per heavy atom. The van der Waals surface area contributed by atoms with Crippen molar-refractivity contribution in [3.8, 4) is 0 Å². The molecule has 0 aliphatic carbocycles. The maximum absolute atomic E-state index is 5.79. The highest BCUT2D eigenvalue weighted by Crippen LogP contribution is 2.35. The molecule has 0 spiro atoms. The van der Waals surface area contributed by atoms with Crippen LogP contribution < -0.4 is 5.73 Å². The molecule has 0 bridgehead atoms. The summed E-state index contributed by atoms with van der Waals surface area (Å²) in [6.45, 7) is 3.96. The second kappa shape index (κ2) is 4.41. The van der Waals surface area contributed by atoms with Crippen LogP contribution in [0.3, 0.4) is 0 Å². The molecule has 96 valence electrons. The van der Waals surface area contributed by atoms with E-state index in [4.69, 9.17) is 10.2 Å². The predicted octanol–water partition coefficient (Wildman–Crippen LogP) is 2.69. The van der Waals surface area contributed by atoms with Crippen LogP contribution in [-0.4, -0.2) is 25.0 Å². The summed E-state index contributed by atoms with van der Waals surface area (Å²) in [6.07, 6.45) is 2.98. The number of hydrogen-bond donors (Lipinski definition) is 1. The van der Waals surface area contributed by atoms with Crippen molar-refractivity contribution < 1.29 is 4.42 Å². The number of aryl methyl sites for hydroxylation is 1. The number of likely N-dealkylation sites (tertiary alicyclic amines) is 1. The highest BCUT2D eigenvalue weighted by molar-refractivity contribution is 5.81. The monoisotopic (exact) mass is 244 g/mol. The number of fused-ring (bicyclic) bond motifs is 1. The van der Waals surface area contributed by atoms with Crippen molar-refractivity contribution in [2.75, 3.05) is 20.1 Å². The van der Waals surface area contributed by atoms with Crippen LogP contribution in [0.25, 0.3) is 11.0 Å². The molecule has 3 nitrogen and oxygen atoms in total. The van der Waals surface area contributed by atoms with Gasteiger partial charge in [0.05, 0.1) is 6.26 Å². The molecule has 1 fully saturated rings. The summed E-state index contributed by atoms with van der Waals surface area (Å²) in [4.78, 5) is 2.40. The zero-order valence-corrected chi connectivity index (χ0v) is 11.0. The molecule has 2 N–H and O–H groups in total. The summed E-state index contributed by atoms with van der Waals surface area (Å²) in [7, 11) is 2.18. The minimum Gasteiger partial charge on any atom is -0.464 e. The zero-order chi connectivity index (χ0) is 12.7. The van der Waals surface area contributed by atoms with Crippen LogP contribution in [0.15, 0.2) is 28.9 Å². The molecule has 1 aliphatic rings. The van der Waals surface area contributed by atoms with Gasteiger partial charge in [-0.05, 0) is 50.0 Å². The first-order chi connectivity index (χ1) is 8.69. The number of nitrogens with zero attached hydrogens (tertiary/aromatic N) is 1. The second-order valence-electron chi connectivity index (χ2n) is 5.47. The molecule has 1 aliphatic heterocycles. The van der Waals surface area contributed by atoms with Crippen molar-refractivity contribution in [3.63, 3.8) is 0 Å². The van der Waals surface area contributed by atoms with Crippen molar-refractivity contribution in [1.82, 2.24) is 4.90 Å². The van der Waals surface area contributed by atoms with Gasteiger partial charge in [-0.1, -0.05) is 12.1 Å². The Bertz CT molecular complexity index is 561. The minimum atomic E-state index is 0.480. The number of benzene rings is 1. The highest BCUT2D eigenvalue weighted by atomic mass is 16.3. The first-order valence-corrected chi connectivity index (χ1v) is 6.57. The van der Waals surface area contributed by atoms with E-state index in [-0.39, 0.29) is 0 Å². The minimum absolute atomic E-state index is 0.480. The average molecular weight is 244 g/mol. The Kier molecular flexibility index (Phi) is 2.88. The van der Waals surface area contributed by atoms with Crippen LogP contribution in [0, 0.1) is 12.8 Å². The van der Waals surface area contributed by atoms with E-state index in [9.17, 15) is 0 Å². The molecule has 2 unspecified atom stereocenters. The van der Waals surface area contributed by atoms with Crippen LogP contribution in [0.5, 0.6) is 0 Å². The first kappa shape index (κ1) is 11.8. The van der Waals surface area contributed by atoms with Gasteiger partial charge in [-0.3, -0.25) is 4.90 Å². The van der Waals surface area contributed by atoms with E-state index in [0.29, 0.717) is 12.0 Å². The molecular formula is C15H20N2O. The molecule has 3 heteroatoms. The zero-order valence-electron chi connectivity index (χ0n) is 11.0. The Labute approximate surface area is 108 Å². The second-order valence-corrected chi connectivity index (χ2v) is 5.47. The fourth-order valence-electron chi connectivity index (χ4n) is 3.05. The lowest BCUT2D eigenvalue weighted by Crippen LogP contribution is -2.20. The van der Waals surface area contributed by atoms with Crippen molar-refractivity contribution in [3.05, 3.63) is 35.6 Å². The Morgan fingerprint density at radius 3 is 3.00 bits per heavy atom. The van der Waals surface area contributed by atoms with Gasteiger partial charge < -0.3 is 10.2 Å². The van der Waals surface area contributed by atoms with Gasteiger partial charge in [0.25, 0.3) is 0 Å². The predicted molar refractivity (Wildman–Crippen MR) is 73.5 cm³/mol. The summed E-state index contributed by atoms with van der Waals surface area (Å²) in [5, 5.41) is 1.22. The van der Waals surface area contributed by atoms with Crippen LogP contribution in [-0.2, 0) is 0 Å². The van der Waals surface area contributed by atoms with Gasteiger partial charge in [-0.2, -0.15) is 0 Å². The SMILES string of the molecule is Cc1coc2cc(C3CC(CN)CN3C)ccc12. The fourth-order valence-corrected chi connectivity index (χ4v) is 3.05. The van der Waals surface area contributed by atoms with E-state index in [1.165, 1.54) is 16.5 Å². The fraction of sp³-hybridized carbons (Fsp3) is 0.467. The van der Waals surface area contributed by atoms with Crippen LogP contribution >= 0.6 is 0 Å². The molecule has 0 radical (unpaired) electrons. The van der Waals surface area contributed by atoms with Crippen molar-refractivity contribution >= 4 is 11.0 Å². The van der Waals surface area contributed by atoms with Gasteiger partial charge in [0.2, 0.25) is 0 Å². The Morgan fingerprint density at radius 1 is 1.44 bits per heavy atom. The van der Waals surface area contributed by atoms with E-state index in [2.05, 4.69) is 37.1 Å². The first-order valence-electron chi connectivity index (χ1n) is 6.57. The summed E-state index contributed by atoms with van der Waals surface area (Å²) >= 11 is 0. The summed E-state index contributed by atoms with van der Waals surface area (Å²) in [5.41, 5.74) is 9.33. The van der Waals surface area contributed by atoms with Crippen LogP contribution in [0.4, 0.5) is 0 Å². The van der Waals surface area contributed by atoms with E-state index >= 15 is 0 Å². The van der Waals surface area contributed by atoms with Crippen LogP contribution in [0.1, 0.15) is 23.6 Å². The lowest BCUT2D eigenvalue weighted by Gasteiger charge is -2.19. The summed E-state index contributed by atoms with van der Waals surface area (Å²) < 4.78 is 5.59. The third-order valence-corrected chi connectivity index (χ3v) is 4.15. The quantitative estimate of drug-likeness (QED) is 0.883. The molecule has 0 amide bonds. The number of furan rings is 1. The van der Waals surface area contributed by atoms with Gasteiger partial charge in [-0.25, -0.2) is 0 Å². The van der Waals surface area contributed by atoms with Gasteiger partial charge in [-0.15, -0.1) is 0 Å². The third-order valence-electron chi connectivity index (χ3n) is 4.15. The molecular weight excluding hydrogens is 224 g/mol. The number of hydrogen-bond acceptors (Lipinski definition) is 3. The molecule has 18 heavy (non-hydrogen) atoms. The Balaban J connectivity index is 1.94. The van der Waals surface area contributed by atoms with Gasteiger partial charge >= 0.3 is 0 Å². The van der Waals surface area contributed by atoms with Crippen molar-refractivity contribution in [1.29, 1.82) is 0 Å². The van der Waals surface area contributed by atoms with Crippen molar-refractivity contribution in [2.24, 2.45) is 11.7 Å². The highest BCUT2D eigenvalue weighted by Gasteiger charge is 2.29. The average Bonchev–Trinajstić information content (AvgIpc) is 2.93. The van der Waals surface area contributed by atoms with Gasteiger partial charge in [0.15, 0.2) is 0 Å². The maximum atomic E-state index is 5.79. The van der Waals surface area contributed by atoms with Gasteiger partial charge in [0, 0.05) is 18.0 Å². The van der Waals surface area contributed by atoms with Gasteiger partial charge in [0.1, 0.15) is 5.58 Å². The van der Waals surface area contributed by atoms with Crippen LogP contribution in [0.2, 0.25) is 0 Å². The van der Waals surface area contributed by atoms with E-state index < -0.39 is 0 Å². The standard InChI is InChI=1S/C15H20N2O/c1-10-9-18-15-6-12(3-4-13(10)15)14-5-11(7-16)8-17(14)2/h3-4,6,9,11,14H,5,7-8,16H2,1-2H3. The normalized spacial score (nSPS) is 25.1. The Hall–Kier alpha value is -1.32. The van der Waals surface area contributed by atoms with E-state index in [1.54, 1.807) is 0 Å². The van der Waals surface area contributed by atoms with E-state index in [0.717, 1.165) is 25.1 Å².